The second-order valence-corrected chi connectivity index (χ2v) is 4.83. The average molecular weight is 235 g/mol. The number of benzene rings is 1. The van der Waals surface area contributed by atoms with Crippen LogP contribution in [0.2, 0.25) is 0 Å². The molecule has 0 bridgehead atoms. The lowest BCUT2D eigenvalue weighted by Gasteiger charge is -2.18. The summed E-state index contributed by atoms with van der Waals surface area (Å²) in [7, 11) is 0. The zero-order valence-corrected chi connectivity index (χ0v) is 10.9. The minimum absolute atomic E-state index is 0.136. The van der Waals surface area contributed by atoms with Gasteiger partial charge in [-0.05, 0) is 42.0 Å². The largest absolute Gasteiger partial charge is 0.481 e. The van der Waals surface area contributed by atoms with Crippen LogP contribution in [0.15, 0.2) is 12.1 Å². The van der Waals surface area contributed by atoms with Gasteiger partial charge in [-0.3, -0.25) is 4.79 Å². The smallest absolute Gasteiger partial charge is 0.312 e. The summed E-state index contributed by atoms with van der Waals surface area (Å²) in [5, 5.41) is 9.19. The van der Waals surface area contributed by atoms with Gasteiger partial charge in [0, 0.05) is 6.54 Å². The number of aliphatic carboxylic acids is 1. The SMILES string of the molecule is Cc1cc(C(C)C)cc(C(CN)C(=O)O)c1C. The maximum atomic E-state index is 11.2. The van der Waals surface area contributed by atoms with Crippen molar-refractivity contribution < 1.29 is 9.90 Å². The van der Waals surface area contributed by atoms with Crippen molar-refractivity contribution in [2.45, 2.75) is 39.5 Å². The number of carboxylic acids is 1. The van der Waals surface area contributed by atoms with Gasteiger partial charge in [-0.25, -0.2) is 0 Å². The number of carboxylic acid groups (broad SMARTS) is 1. The number of hydrogen-bond donors (Lipinski definition) is 2. The lowest BCUT2D eigenvalue weighted by atomic mass is 9.87. The number of aryl methyl sites for hydroxylation is 1. The summed E-state index contributed by atoms with van der Waals surface area (Å²) >= 11 is 0. The zero-order chi connectivity index (χ0) is 13.2. The van der Waals surface area contributed by atoms with Crippen LogP contribution in [-0.4, -0.2) is 17.6 Å². The summed E-state index contributed by atoms with van der Waals surface area (Å²) < 4.78 is 0. The number of nitrogens with two attached hydrogens (primary N) is 1. The van der Waals surface area contributed by atoms with E-state index < -0.39 is 11.9 Å². The van der Waals surface area contributed by atoms with E-state index in [1.807, 2.05) is 19.9 Å². The molecule has 17 heavy (non-hydrogen) atoms. The molecule has 0 radical (unpaired) electrons. The molecule has 0 spiro atoms. The van der Waals surface area contributed by atoms with Crippen molar-refractivity contribution in [1.29, 1.82) is 0 Å². The molecule has 0 saturated carbocycles. The van der Waals surface area contributed by atoms with E-state index in [9.17, 15) is 9.90 Å². The van der Waals surface area contributed by atoms with Crippen LogP contribution in [0.4, 0.5) is 0 Å². The van der Waals surface area contributed by atoms with Crippen LogP contribution in [0.3, 0.4) is 0 Å². The fraction of sp³-hybridized carbons (Fsp3) is 0.500. The molecule has 0 aliphatic rings. The van der Waals surface area contributed by atoms with Crippen LogP contribution in [-0.2, 0) is 4.79 Å². The Kier molecular flexibility index (Phi) is 4.29. The first kappa shape index (κ1) is 13.7. The molecule has 1 atom stereocenters. The molecular weight excluding hydrogens is 214 g/mol. The van der Waals surface area contributed by atoms with E-state index in [1.165, 1.54) is 5.56 Å². The molecule has 0 fully saturated rings. The van der Waals surface area contributed by atoms with E-state index in [0.29, 0.717) is 5.92 Å². The molecule has 1 aromatic carbocycles. The summed E-state index contributed by atoms with van der Waals surface area (Å²) in [5.41, 5.74) is 9.75. The predicted molar refractivity (Wildman–Crippen MR) is 69.4 cm³/mol. The third kappa shape index (κ3) is 2.86. The molecule has 0 saturated heterocycles. The summed E-state index contributed by atoms with van der Waals surface area (Å²) in [4.78, 5) is 11.2. The summed E-state index contributed by atoms with van der Waals surface area (Å²) in [6.45, 7) is 8.32. The monoisotopic (exact) mass is 235 g/mol. The van der Waals surface area contributed by atoms with Gasteiger partial charge in [0.1, 0.15) is 0 Å². The Morgan fingerprint density at radius 1 is 1.35 bits per heavy atom. The quantitative estimate of drug-likeness (QED) is 0.843. The van der Waals surface area contributed by atoms with Gasteiger partial charge in [-0.15, -0.1) is 0 Å². The average Bonchev–Trinajstić information content (AvgIpc) is 2.24. The predicted octanol–water partition coefficient (Wildman–Crippen LogP) is 2.55. The Morgan fingerprint density at radius 2 is 1.94 bits per heavy atom. The molecule has 1 unspecified atom stereocenters. The van der Waals surface area contributed by atoms with Gasteiger partial charge in [0.25, 0.3) is 0 Å². The Balaban J connectivity index is 3.35. The van der Waals surface area contributed by atoms with Crippen LogP contribution in [0.5, 0.6) is 0 Å². The van der Waals surface area contributed by atoms with E-state index in [4.69, 9.17) is 5.73 Å². The van der Waals surface area contributed by atoms with E-state index in [2.05, 4.69) is 19.9 Å². The lowest BCUT2D eigenvalue weighted by molar-refractivity contribution is -0.138. The van der Waals surface area contributed by atoms with Crippen LogP contribution >= 0.6 is 0 Å². The Labute approximate surface area is 103 Å². The molecule has 94 valence electrons. The van der Waals surface area contributed by atoms with Crippen molar-refractivity contribution in [1.82, 2.24) is 0 Å². The molecule has 0 heterocycles. The second-order valence-electron chi connectivity index (χ2n) is 4.83. The number of carbonyl (C=O) groups is 1. The second kappa shape index (κ2) is 5.32. The normalized spacial score (nSPS) is 12.8. The lowest BCUT2D eigenvalue weighted by Crippen LogP contribution is -2.22. The van der Waals surface area contributed by atoms with Gasteiger partial charge in [0.2, 0.25) is 0 Å². The summed E-state index contributed by atoms with van der Waals surface area (Å²) in [6, 6.07) is 4.11. The Bertz CT molecular complexity index is 424. The standard InChI is InChI=1S/C14H21NO2/c1-8(2)11-5-9(3)10(4)12(6-11)13(7-15)14(16)17/h5-6,8,13H,7,15H2,1-4H3,(H,16,17). The topological polar surface area (TPSA) is 63.3 Å². The molecule has 3 nitrogen and oxygen atoms in total. The molecule has 3 N–H and O–H groups in total. The van der Waals surface area contributed by atoms with Gasteiger partial charge >= 0.3 is 5.97 Å². The van der Waals surface area contributed by atoms with Crippen LogP contribution in [0.1, 0.15) is 47.9 Å². The fourth-order valence-corrected chi connectivity index (χ4v) is 1.97. The molecule has 0 aliphatic carbocycles. The minimum Gasteiger partial charge on any atom is -0.481 e. The summed E-state index contributed by atoms with van der Waals surface area (Å²) in [6.07, 6.45) is 0. The highest BCUT2D eigenvalue weighted by Crippen LogP contribution is 2.27. The van der Waals surface area contributed by atoms with Crippen molar-refractivity contribution in [2.75, 3.05) is 6.54 Å². The highest BCUT2D eigenvalue weighted by atomic mass is 16.4. The molecule has 1 rings (SSSR count). The molecular formula is C14H21NO2. The van der Waals surface area contributed by atoms with E-state index in [-0.39, 0.29) is 6.54 Å². The van der Waals surface area contributed by atoms with Crippen LogP contribution < -0.4 is 5.73 Å². The molecule has 3 heteroatoms. The van der Waals surface area contributed by atoms with Gasteiger partial charge < -0.3 is 10.8 Å². The van der Waals surface area contributed by atoms with Crippen LogP contribution in [0.25, 0.3) is 0 Å². The highest BCUT2D eigenvalue weighted by Gasteiger charge is 2.21. The van der Waals surface area contributed by atoms with Crippen molar-refractivity contribution in [3.8, 4) is 0 Å². The van der Waals surface area contributed by atoms with E-state index >= 15 is 0 Å². The van der Waals surface area contributed by atoms with Crippen molar-refractivity contribution in [3.63, 3.8) is 0 Å². The first-order chi connectivity index (χ1) is 7.88. The van der Waals surface area contributed by atoms with E-state index in [0.717, 1.165) is 16.7 Å². The molecule has 0 amide bonds. The first-order valence-corrected chi connectivity index (χ1v) is 5.92. The molecule has 0 aliphatic heterocycles. The van der Waals surface area contributed by atoms with Gasteiger partial charge in [0.15, 0.2) is 0 Å². The maximum absolute atomic E-state index is 11.2. The third-order valence-corrected chi connectivity index (χ3v) is 3.31. The number of rotatable bonds is 4. The minimum atomic E-state index is -0.851. The zero-order valence-electron chi connectivity index (χ0n) is 10.9. The first-order valence-electron chi connectivity index (χ1n) is 5.92. The Hall–Kier alpha value is -1.35. The Morgan fingerprint density at radius 3 is 2.35 bits per heavy atom. The fourth-order valence-electron chi connectivity index (χ4n) is 1.97. The molecule has 0 aromatic heterocycles. The third-order valence-electron chi connectivity index (χ3n) is 3.31. The maximum Gasteiger partial charge on any atom is 0.312 e. The summed E-state index contributed by atoms with van der Waals surface area (Å²) in [5.74, 6) is -1.07. The van der Waals surface area contributed by atoms with Gasteiger partial charge in [-0.2, -0.15) is 0 Å². The van der Waals surface area contributed by atoms with Crippen LogP contribution in [0, 0.1) is 13.8 Å². The van der Waals surface area contributed by atoms with Crippen molar-refractivity contribution in [2.24, 2.45) is 5.73 Å². The van der Waals surface area contributed by atoms with Gasteiger partial charge in [-0.1, -0.05) is 26.0 Å². The number of hydrogen-bond acceptors (Lipinski definition) is 2. The van der Waals surface area contributed by atoms with Crippen molar-refractivity contribution >= 4 is 5.97 Å². The highest BCUT2D eigenvalue weighted by molar-refractivity contribution is 5.77. The van der Waals surface area contributed by atoms with Gasteiger partial charge in [0.05, 0.1) is 5.92 Å². The van der Waals surface area contributed by atoms with E-state index in [1.54, 1.807) is 0 Å². The van der Waals surface area contributed by atoms with Crippen molar-refractivity contribution in [3.05, 3.63) is 34.4 Å². The molecule has 1 aromatic rings.